The van der Waals surface area contributed by atoms with E-state index in [4.69, 9.17) is 5.73 Å². The predicted molar refractivity (Wildman–Crippen MR) is 65.3 cm³/mol. The molecule has 0 spiro atoms. The molecule has 1 heterocycles. The molecule has 1 aromatic heterocycles. The first-order chi connectivity index (χ1) is 7.15. The third kappa shape index (κ3) is 1.61. The fourth-order valence-electron chi connectivity index (χ4n) is 1.37. The molecule has 0 unspecified atom stereocenters. The molecule has 0 radical (unpaired) electrons. The standard InChI is InChI=1S/C10H8BrNO2S/c1-14-10(13)9-8(12)7-5(11)3-2-4-6(7)15-9/h2-4H,12H2,1H3. The predicted octanol–water partition coefficient (Wildman–Crippen LogP) is 3.03. The molecule has 0 aliphatic carbocycles. The van der Waals surface area contributed by atoms with E-state index < -0.39 is 0 Å². The summed E-state index contributed by atoms with van der Waals surface area (Å²) in [6.45, 7) is 0. The molecule has 0 aliphatic heterocycles. The van der Waals surface area contributed by atoms with Gasteiger partial charge in [0.05, 0.1) is 12.8 Å². The molecule has 0 fully saturated rings. The van der Waals surface area contributed by atoms with Crippen molar-refractivity contribution in [2.24, 2.45) is 0 Å². The van der Waals surface area contributed by atoms with Crippen LogP contribution in [0.25, 0.3) is 10.1 Å². The first kappa shape index (κ1) is 10.4. The fraction of sp³-hybridized carbons (Fsp3) is 0.100. The summed E-state index contributed by atoms with van der Waals surface area (Å²) in [4.78, 5) is 11.9. The molecule has 78 valence electrons. The summed E-state index contributed by atoms with van der Waals surface area (Å²) in [5.41, 5.74) is 6.38. The molecule has 0 amide bonds. The van der Waals surface area contributed by atoms with E-state index >= 15 is 0 Å². The first-order valence-corrected chi connectivity index (χ1v) is 5.81. The fourth-order valence-corrected chi connectivity index (χ4v) is 3.15. The van der Waals surface area contributed by atoms with Gasteiger partial charge in [0.25, 0.3) is 0 Å². The summed E-state index contributed by atoms with van der Waals surface area (Å²) >= 11 is 4.75. The van der Waals surface area contributed by atoms with Gasteiger partial charge in [0.1, 0.15) is 4.88 Å². The van der Waals surface area contributed by atoms with Gasteiger partial charge in [-0.15, -0.1) is 11.3 Å². The number of thiophene rings is 1. The van der Waals surface area contributed by atoms with Gasteiger partial charge < -0.3 is 10.5 Å². The van der Waals surface area contributed by atoms with Crippen molar-refractivity contribution in [1.82, 2.24) is 0 Å². The van der Waals surface area contributed by atoms with Crippen LogP contribution in [0.15, 0.2) is 22.7 Å². The monoisotopic (exact) mass is 285 g/mol. The lowest BCUT2D eigenvalue weighted by Crippen LogP contribution is -2.01. The number of benzene rings is 1. The Morgan fingerprint density at radius 3 is 2.87 bits per heavy atom. The maximum absolute atomic E-state index is 11.4. The van der Waals surface area contributed by atoms with Crippen molar-refractivity contribution in [3.05, 3.63) is 27.5 Å². The number of ether oxygens (including phenoxy) is 1. The molecular weight excluding hydrogens is 278 g/mol. The van der Waals surface area contributed by atoms with Crippen LogP contribution >= 0.6 is 27.3 Å². The number of anilines is 1. The van der Waals surface area contributed by atoms with E-state index in [9.17, 15) is 4.79 Å². The molecule has 3 nitrogen and oxygen atoms in total. The number of halogens is 1. The number of nitrogen functional groups attached to an aromatic ring is 1. The first-order valence-electron chi connectivity index (χ1n) is 4.20. The van der Waals surface area contributed by atoms with Crippen molar-refractivity contribution in [2.75, 3.05) is 12.8 Å². The minimum atomic E-state index is -0.388. The Hall–Kier alpha value is -1.07. The number of esters is 1. The number of carbonyl (C=O) groups is 1. The smallest absolute Gasteiger partial charge is 0.350 e. The Kier molecular flexibility index (Phi) is 2.67. The van der Waals surface area contributed by atoms with Gasteiger partial charge in [0.2, 0.25) is 0 Å². The second kappa shape index (κ2) is 3.83. The van der Waals surface area contributed by atoms with E-state index in [0.29, 0.717) is 10.6 Å². The van der Waals surface area contributed by atoms with E-state index in [0.717, 1.165) is 14.6 Å². The van der Waals surface area contributed by atoms with Gasteiger partial charge in [-0.2, -0.15) is 0 Å². The number of hydrogen-bond donors (Lipinski definition) is 1. The maximum atomic E-state index is 11.4. The second-order valence-corrected chi connectivity index (χ2v) is 4.86. The molecule has 0 aliphatic rings. The van der Waals surface area contributed by atoms with Crippen molar-refractivity contribution in [3.8, 4) is 0 Å². The molecule has 0 saturated heterocycles. The number of rotatable bonds is 1. The summed E-state index contributed by atoms with van der Waals surface area (Å²) < 4.78 is 6.53. The van der Waals surface area contributed by atoms with Crippen LogP contribution in [0.5, 0.6) is 0 Å². The SMILES string of the molecule is COC(=O)c1sc2cccc(Br)c2c1N. The van der Waals surface area contributed by atoms with Gasteiger partial charge in [-0.05, 0) is 12.1 Å². The molecule has 0 atom stereocenters. The number of hydrogen-bond acceptors (Lipinski definition) is 4. The number of nitrogens with two attached hydrogens (primary N) is 1. The Bertz CT molecular complexity index is 535. The van der Waals surface area contributed by atoms with Crippen LogP contribution < -0.4 is 5.73 Å². The van der Waals surface area contributed by atoms with Crippen LogP contribution in [-0.2, 0) is 4.74 Å². The van der Waals surface area contributed by atoms with Crippen molar-refractivity contribution >= 4 is 49.0 Å². The number of carbonyl (C=O) groups excluding carboxylic acids is 1. The minimum Gasteiger partial charge on any atom is -0.465 e. The van der Waals surface area contributed by atoms with Crippen LogP contribution in [0.1, 0.15) is 9.67 Å². The van der Waals surface area contributed by atoms with E-state index in [2.05, 4.69) is 20.7 Å². The van der Waals surface area contributed by atoms with E-state index in [1.807, 2.05) is 18.2 Å². The van der Waals surface area contributed by atoms with Crippen molar-refractivity contribution in [1.29, 1.82) is 0 Å². The van der Waals surface area contributed by atoms with Gasteiger partial charge in [0.15, 0.2) is 0 Å². The van der Waals surface area contributed by atoms with Gasteiger partial charge in [-0.1, -0.05) is 22.0 Å². The van der Waals surface area contributed by atoms with Gasteiger partial charge in [-0.25, -0.2) is 4.79 Å². The highest BCUT2D eigenvalue weighted by atomic mass is 79.9. The largest absolute Gasteiger partial charge is 0.465 e. The topological polar surface area (TPSA) is 52.3 Å². The quantitative estimate of drug-likeness (QED) is 0.820. The molecule has 15 heavy (non-hydrogen) atoms. The number of fused-ring (bicyclic) bond motifs is 1. The maximum Gasteiger partial charge on any atom is 0.350 e. The summed E-state index contributed by atoms with van der Waals surface area (Å²) in [5.74, 6) is -0.388. The lowest BCUT2D eigenvalue weighted by atomic mass is 10.2. The third-order valence-electron chi connectivity index (χ3n) is 2.07. The van der Waals surface area contributed by atoms with Crippen molar-refractivity contribution in [2.45, 2.75) is 0 Å². The van der Waals surface area contributed by atoms with E-state index in [-0.39, 0.29) is 5.97 Å². The molecule has 2 rings (SSSR count). The molecule has 1 aromatic carbocycles. The van der Waals surface area contributed by atoms with Crippen LogP contribution in [0.4, 0.5) is 5.69 Å². The Morgan fingerprint density at radius 2 is 2.27 bits per heavy atom. The average molecular weight is 286 g/mol. The van der Waals surface area contributed by atoms with Crippen molar-refractivity contribution < 1.29 is 9.53 Å². The van der Waals surface area contributed by atoms with Crippen LogP contribution in [0.3, 0.4) is 0 Å². The third-order valence-corrected chi connectivity index (χ3v) is 3.88. The molecule has 0 bridgehead atoms. The highest BCUT2D eigenvalue weighted by Gasteiger charge is 2.17. The molecule has 0 saturated carbocycles. The molecule has 5 heteroatoms. The molecule has 2 N–H and O–H groups in total. The van der Waals surface area contributed by atoms with Gasteiger partial charge >= 0.3 is 5.97 Å². The van der Waals surface area contributed by atoms with Gasteiger partial charge in [0, 0.05) is 14.6 Å². The van der Waals surface area contributed by atoms with Crippen molar-refractivity contribution in [3.63, 3.8) is 0 Å². The minimum absolute atomic E-state index is 0.388. The van der Waals surface area contributed by atoms with Crippen LogP contribution in [0.2, 0.25) is 0 Å². The highest BCUT2D eigenvalue weighted by Crippen LogP contribution is 2.38. The lowest BCUT2D eigenvalue weighted by Gasteiger charge is -1.97. The Balaban J connectivity index is 2.75. The zero-order chi connectivity index (χ0) is 11.0. The zero-order valence-corrected chi connectivity index (χ0v) is 10.3. The Morgan fingerprint density at radius 1 is 1.53 bits per heavy atom. The normalized spacial score (nSPS) is 10.5. The summed E-state index contributed by atoms with van der Waals surface area (Å²) in [6, 6.07) is 5.73. The zero-order valence-electron chi connectivity index (χ0n) is 7.91. The second-order valence-electron chi connectivity index (χ2n) is 2.95. The highest BCUT2D eigenvalue weighted by molar-refractivity contribution is 9.10. The van der Waals surface area contributed by atoms with Crippen LogP contribution in [-0.4, -0.2) is 13.1 Å². The van der Waals surface area contributed by atoms with E-state index in [1.165, 1.54) is 18.4 Å². The number of methoxy groups -OCH3 is 1. The molecular formula is C10H8BrNO2S. The van der Waals surface area contributed by atoms with Crippen LogP contribution in [0, 0.1) is 0 Å². The average Bonchev–Trinajstić information content (AvgIpc) is 2.56. The summed E-state index contributed by atoms with van der Waals surface area (Å²) in [7, 11) is 1.35. The van der Waals surface area contributed by atoms with E-state index in [1.54, 1.807) is 0 Å². The summed E-state index contributed by atoms with van der Waals surface area (Å²) in [5, 5.41) is 0.878. The van der Waals surface area contributed by atoms with Gasteiger partial charge in [-0.3, -0.25) is 0 Å². The summed E-state index contributed by atoms with van der Waals surface area (Å²) in [6.07, 6.45) is 0. The Labute approximate surface area is 99.0 Å². The lowest BCUT2D eigenvalue weighted by molar-refractivity contribution is 0.0607. The molecule has 2 aromatic rings.